The number of rotatable bonds is 13. The molecule has 0 saturated carbocycles. The van der Waals surface area contributed by atoms with E-state index in [1.807, 2.05) is 24.3 Å². The molecule has 0 fully saturated rings. The second-order valence-electron chi connectivity index (χ2n) is 5.96. The van der Waals surface area contributed by atoms with Crippen molar-refractivity contribution in [2.45, 2.75) is 57.8 Å². The number of carbonyl (C=O) groups excluding carboxylic acids is 1. The summed E-state index contributed by atoms with van der Waals surface area (Å²) in [6.07, 6.45) is 14.5. The van der Waals surface area contributed by atoms with Crippen LogP contribution in [-0.4, -0.2) is 19.7 Å². The molecule has 1 rings (SSSR count). The van der Waals surface area contributed by atoms with Crippen LogP contribution in [0.3, 0.4) is 0 Å². The van der Waals surface area contributed by atoms with Gasteiger partial charge in [-0.1, -0.05) is 70.4 Å². The second-order valence-corrected chi connectivity index (χ2v) is 5.96. The van der Waals surface area contributed by atoms with Crippen LogP contribution in [-0.2, 0) is 9.53 Å². The molecule has 133 valence electrons. The fraction of sp³-hybridized carbons (Fsp3) is 0.524. The summed E-state index contributed by atoms with van der Waals surface area (Å²) in [6.45, 7) is 4.63. The van der Waals surface area contributed by atoms with Gasteiger partial charge in [0.15, 0.2) is 0 Å². The van der Waals surface area contributed by atoms with Gasteiger partial charge in [0, 0.05) is 6.08 Å². The van der Waals surface area contributed by atoms with Crippen LogP contribution in [0.4, 0.5) is 0 Å². The molecule has 3 heteroatoms. The first kappa shape index (κ1) is 20.3. The van der Waals surface area contributed by atoms with E-state index >= 15 is 0 Å². The number of hydrogen-bond donors (Lipinski definition) is 0. The number of ether oxygens (including phenoxy) is 2. The van der Waals surface area contributed by atoms with Crippen molar-refractivity contribution >= 4 is 12.0 Å². The van der Waals surface area contributed by atoms with Crippen LogP contribution in [0, 0.1) is 6.92 Å². The molecule has 24 heavy (non-hydrogen) atoms. The van der Waals surface area contributed by atoms with Crippen molar-refractivity contribution < 1.29 is 14.3 Å². The molecule has 0 spiro atoms. The fourth-order valence-electron chi connectivity index (χ4n) is 2.44. The molecule has 0 unspecified atom stereocenters. The van der Waals surface area contributed by atoms with Crippen molar-refractivity contribution in [1.82, 2.24) is 0 Å². The zero-order valence-corrected chi connectivity index (χ0v) is 15.0. The summed E-state index contributed by atoms with van der Waals surface area (Å²) in [7, 11) is 1.37. The third-order valence-corrected chi connectivity index (χ3v) is 3.91. The Morgan fingerprint density at radius 3 is 2.12 bits per heavy atom. The molecule has 0 aliphatic heterocycles. The third-order valence-electron chi connectivity index (χ3n) is 3.91. The Morgan fingerprint density at radius 2 is 1.54 bits per heavy atom. The van der Waals surface area contributed by atoms with E-state index < -0.39 is 0 Å². The molecule has 0 N–H and O–H groups in total. The number of esters is 1. The molecule has 3 nitrogen and oxygen atoms in total. The van der Waals surface area contributed by atoms with Crippen LogP contribution >= 0.6 is 0 Å². The SMILES string of the molecule is [CH2]CCCCCCCCCCOc1ccc(/C=C/C(=O)OC)cc1. The summed E-state index contributed by atoms with van der Waals surface area (Å²) in [5, 5.41) is 0. The van der Waals surface area contributed by atoms with Gasteiger partial charge in [-0.15, -0.1) is 0 Å². The largest absolute Gasteiger partial charge is 0.494 e. The molecule has 0 aliphatic rings. The molecule has 0 aromatic heterocycles. The van der Waals surface area contributed by atoms with E-state index in [0.717, 1.165) is 30.8 Å². The highest BCUT2D eigenvalue weighted by Crippen LogP contribution is 2.14. The average Bonchev–Trinajstić information content (AvgIpc) is 2.62. The highest BCUT2D eigenvalue weighted by molar-refractivity contribution is 5.86. The average molecular weight is 331 g/mol. The minimum atomic E-state index is -0.349. The summed E-state index contributed by atoms with van der Waals surface area (Å²) in [4.78, 5) is 11.0. The maximum absolute atomic E-state index is 11.0. The summed E-state index contributed by atoms with van der Waals surface area (Å²) in [6, 6.07) is 7.72. The highest BCUT2D eigenvalue weighted by Gasteiger charge is 1.96. The molecule has 1 aromatic rings. The van der Waals surface area contributed by atoms with Crippen LogP contribution in [0.25, 0.3) is 6.08 Å². The molecule has 0 aliphatic carbocycles. The summed E-state index contributed by atoms with van der Waals surface area (Å²) >= 11 is 0. The van der Waals surface area contributed by atoms with Crippen LogP contribution in [0.5, 0.6) is 5.75 Å². The van der Waals surface area contributed by atoms with Gasteiger partial charge < -0.3 is 9.47 Å². The number of unbranched alkanes of at least 4 members (excludes halogenated alkanes) is 8. The Balaban J connectivity index is 2.07. The minimum absolute atomic E-state index is 0.349. The van der Waals surface area contributed by atoms with Crippen molar-refractivity contribution in [2.75, 3.05) is 13.7 Å². The van der Waals surface area contributed by atoms with Crippen LogP contribution in [0.1, 0.15) is 63.4 Å². The van der Waals surface area contributed by atoms with Gasteiger partial charge in [-0.25, -0.2) is 4.79 Å². The highest BCUT2D eigenvalue weighted by atomic mass is 16.5. The fourth-order valence-corrected chi connectivity index (χ4v) is 2.44. The van der Waals surface area contributed by atoms with E-state index in [1.165, 1.54) is 58.1 Å². The maximum Gasteiger partial charge on any atom is 0.330 e. The van der Waals surface area contributed by atoms with Gasteiger partial charge in [0.2, 0.25) is 0 Å². The normalized spacial score (nSPS) is 10.9. The maximum atomic E-state index is 11.0. The van der Waals surface area contributed by atoms with Gasteiger partial charge in [-0.05, 0) is 30.2 Å². The Kier molecular flexibility index (Phi) is 11.5. The summed E-state index contributed by atoms with van der Waals surface area (Å²) < 4.78 is 10.3. The zero-order chi connectivity index (χ0) is 17.5. The first-order valence-corrected chi connectivity index (χ1v) is 9.04. The molecular formula is C21H31O3. The standard InChI is InChI=1S/C21H31O3/c1-3-4-5-6-7-8-9-10-11-18-24-20-15-12-19(13-16-20)14-17-21(22)23-2/h12-17H,1,3-11,18H2,2H3/b17-14+. The van der Waals surface area contributed by atoms with E-state index in [9.17, 15) is 4.79 Å². The molecule has 0 atom stereocenters. The number of methoxy groups -OCH3 is 1. The summed E-state index contributed by atoms with van der Waals surface area (Å²) in [5.74, 6) is 0.524. The second kappa shape index (κ2) is 13.6. The van der Waals surface area contributed by atoms with Crippen molar-refractivity contribution in [2.24, 2.45) is 0 Å². The molecular weight excluding hydrogens is 300 g/mol. The van der Waals surface area contributed by atoms with Gasteiger partial charge in [0.05, 0.1) is 13.7 Å². The lowest BCUT2D eigenvalue weighted by molar-refractivity contribution is -0.134. The molecule has 0 heterocycles. The summed E-state index contributed by atoms with van der Waals surface area (Å²) in [5.41, 5.74) is 0.951. The number of benzene rings is 1. The Bertz CT molecular complexity index is 462. The van der Waals surface area contributed by atoms with Gasteiger partial charge in [0.1, 0.15) is 5.75 Å². The molecule has 0 saturated heterocycles. The number of carbonyl (C=O) groups is 1. The predicted molar refractivity (Wildman–Crippen MR) is 99.9 cm³/mol. The Hall–Kier alpha value is -1.77. The van der Waals surface area contributed by atoms with Crippen molar-refractivity contribution in [3.05, 3.63) is 42.8 Å². The smallest absolute Gasteiger partial charge is 0.330 e. The van der Waals surface area contributed by atoms with Crippen LogP contribution in [0.2, 0.25) is 0 Å². The molecule has 1 radical (unpaired) electrons. The van der Waals surface area contributed by atoms with Gasteiger partial charge in [-0.2, -0.15) is 0 Å². The van der Waals surface area contributed by atoms with Gasteiger partial charge in [-0.3, -0.25) is 0 Å². The topological polar surface area (TPSA) is 35.5 Å². The molecule has 1 aromatic carbocycles. The van der Waals surface area contributed by atoms with Crippen molar-refractivity contribution in [3.8, 4) is 5.75 Å². The van der Waals surface area contributed by atoms with Crippen molar-refractivity contribution in [1.29, 1.82) is 0 Å². The van der Waals surface area contributed by atoms with E-state index in [1.54, 1.807) is 6.08 Å². The van der Waals surface area contributed by atoms with Gasteiger partial charge in [0.25, 0.3) is 0 Å². The van der Waals surface area contributed by atoms with E-state index in [4.69, 9.17) is 4.74 Å². The quantitative estimate of drug-likeness (QED) is 0.268. The third kappa shape index (κ3) is 10.1. The lowest BCUT2D eigenvalue weighted by Crippen LogP contribution is -1.97. The molecule has 0 amide bonds. The van der Waals surface area contributed by atoms with E-state index in [-0.39, 0.29) is 5.97 Å². The lowest BCUT2D eigenvalue weighted by Gasteiger charge is -2.06. The first-order chi connectivity index (χ1) is 11.8. The van der Waals surface area contributed by atoms with Crippen LogP contribution < -0.4 is 4.74 Å². The monoisotopic (exact) mass is 331 g/mol. The van der Waals surface area contributed by atoms with E-state index in [2.05, 4.69) is 11.7 Å². The van der Waals surface area contributed by atoms with Crippen molar-refractivity contribution in [3.63, 3.8) is 0 Å². The first-order valence-electron chi connectivity index (χ1n) is 9.04. The lowest BCUT2D eigenvalue weighted by atomic mass is 10.1. The Morgan fingerprint density at radius 1 is 0.958 bits per heavy atom. The minimum Gasteiger partial charge on any atom is -0.494 e. The zero-order valence-electron chi connectivity index (χ0n) is 15.0. The Labute approximate surface area is 147 Å². The van der Waals surface area contributed by atoms with Crippen LogP contribution in [0.15, 0.2) is 30.3 Å². The number of hydrogen-bond acceptors (Lipinski definition) is 3. The van der Waals surface area contributed by atoms with E-state index in [0.29, 0.717) is 0 Å². The predicted octanol–water partition coefficient (Wildman–Crippen LogP) is 5.60. The molecule has 0 bridgehead atoms. The van der Waals surface area contributed by atoms with Gasteiger partial charge >= 0.3 is 5.97 Å².